The molecule has 2 aliphatic heterocycles. The van der Waals surface area contributed by atoms with Gasteiger partial charge in [-0.3, -0.25) is 10.2 Å². The van der Waals surface area contributed by atoms with E-state index >= 15 is 0 Å². The van der Waals surface area contributed by atoms with Crippen LogP contribution in [0.3, 0.4) is 0 Å². The number of fused-ring (bicyclic) bond motifs is 1. The molecule has 3 atom stereocenters. The molecule has 0 saturated carbocycles. The SMILES string of the molecule is O=C(C1CNNC1c1cccs1)N1CCCC(c2nc3ccccc3[nH]2)C1. The zero-order valence-corrected chi connectivity index (χ0v) is 15.8. The van der Waals surface area contributed by atoms with Gasteiger partial charge in [-0.15, -0.1) is 11.3 Å². The van der Waals surface area contributed by atoms with Crippen LogP contribution in [-0.4, -0.2) is 40.4 Å². The van der Waals surface area contributed by atoms with Gasteiger partial charge in [0.1, 0.15) is 5.82 Å². The maximum atomic E-state index is 13.3. The van der Waals surface area contributed by atoms with E-state index in [4.69, 9.17) is 4.98 Å². The third-order valence-corrected chi connectivity index (χ3v) is 6.63. The molecule has 6 nitrogen and oxygen atoms in total. The number of nitrogens with one attached hydrogen (secondary N) is 3. The molecular weight excluding hydrogens is 358 g/mol. The van der Waals surface area contributed by atoms with Gasteiger partial charge < -0.3 is 9.88 Å². The van der Waals surface area contributed by atoms with Gasteiger partial charge in [0.25, 0.3) is 0 Å². The molecule has 2 fully saturated rings. The van der Waals surface area contributed by atoms with Crippen molar-refractivity contribution in [1.29, 1.82) is 0 Å². The van der Waals surface area contributed by atoms with Gasteiger partial charge in [-0.25, -0.2) is 10.4 Å². The van der Waals surface area contributed by atoms with Crippen molar-refractivity contribution < 1.29 is 4.79 Å². The molecule has 1 aromatic carbocycles. The van der Waals surface area contributed by atoms with E-state index < -0.39 is 0 Å². The van der Waals surface area contributed by atoms with E-state index in [2.05, 4.69) is 33.3 Å². The highest BCUT2D eigenvalue weighted by molar-refractivity contribution is 7.10. The smallest absolute Gasteiger partial charge is 0.229 e. The average molecular weight is 382 g/mol. The Bertz CT molecular complexity index is 904. The molecule has 3 N–H and O–H groups in total. The number of piperidine rings is 1. The number of imidazole rings is 1. The van der Waals surface area contributed by atoms with Crippen molar-refractivity contribution in [2.75, 3.05) is 19.6 Å². The number of likely N-dealkylation sites (tertiary alicyclic amines) is 1. The fourth-order valence-corrected chi connectivity index (χ4v) is 5.11. The first-order valence-electron chi connectivity index (χ1n) is 9.55. The Morgan fingerprint density at radius 2 is 2.15 bits per heavy atom. The first-order valence-corrected chi connectivity index (χ1v) is 10.4. The van der Waals surface area contributed by atoms with E-state index in [1.165, 1.54) is 4.88 Å². The number of carbonyl (C=O) groups is 1. The maximum absolute atomic E-state index is 13.3. The van der Waals surface area contributed by atoms with Crippen LogP contribution in [0.5, 0.6) is 0 Å². The average Bonchev–Trinajstić information content (AvgIpc) is 3.47. The molecule has 0 bridgehead atoms. The van der Waals surface area contributed by atoms with Crippen LogP contribution in [0, 0.1) is 5.92 Å². The third kappa shape index (κ3) is 3.16. The first-order chi connectivity index (χ1) is 13.3. The largest absolute Gasteiger partial charge is 0.342 e. The Kier molecular flexibility index (Phi) is 4.43. The second-order valence-electron chi connectivity index (χ2n) is 7.39. The van der Waals surface area contributed by atoms with Crippen molar-refractivity contribution in [1.82, 2.24) is 25.7 Å². The van der Waals surface area contributed by atoms with Crippen LogP contribution in [0.15, 0.2) is 41.8 Å². The standard InChI is InChI=1S/C20H23N5OS/c26-20(14-11-21-24-18(14)17-8-4-10-27-17)25-9-3-5-13(12-25)19-22-15-6-1-2-7-16(15)23-19/h1-2,4,6-8,10,13-14,18,21,24H,3,5,9,11-12H2,(H,22,23). The van der Waals surface area contributed by atoms with Crippen molar-refractivity contribution in [3.63, 3.8) is 0 Å². The molecule has 4 heterocycles. The van der Waals surface area contributed by atoms with E-state index in [1.54, 1.807) is 11.3 Å². The van der Waals surface area contributed by atoms with Gasteiger partial charge in [-0.2, -0.15) is 0 Å². The molecule has 7 heteroatoms. The van der Waals surface area contributed by atoms with Crippen LogP contribution in [0.1, 0.15) is 35.5 Å². The molecule has 2 saturated heterocycles. The molecule has 0 aliphatic carbocycles. The number of aromatic nitrogens is 2. The number of H-pyrrole nitrogens is 1. The number of thiophene rings is 1. The molecule has 2 aliphatic rings. The summed E-state index contributed by atoms with van der Waals surface area (Å²) in [6, 6.07) is 12.3. The summed E-state index contributed by atoms with van der Waals surface area (Å²) in [6.07, 6.45) is 2.09. The summed E-state index contributed by atoms with van der Waals surface area (Å²) < 4.78 is 0. The number of rotatable bonds is 3. The number of hydrogen-bond donors (Lipinski definition) is 3. The van der Waals surface area contributed by atoms with Crippen LogP contribution < -0.4 is 10.9 Å². The first kappa shape index (κ1) is 16.9. The van der Waals surface area contributed by atoms with Crippen LogP contribution >= 0.6 is 11.3 Å². The van der Waals surface area contributed by atoms with Gasteiger partial charge >= 0.3 is 0 Å². The van der Waals surface area contributed by atoms with Crippen molar-refractivity contribution in [2.45, 2.75) is 24.8 Å². The van der Waals surface area contributed by atoms with Crippen molar-refractivity contribution >= 4 is 28.3 Å². The van der Waals surface area contributed by atoms with E-state index in [0.29, 0.717) is 6.54 Å². The van der Waals surface area contributed by atoms with Gasteiger partial charge in [-0.05, 0) is 36.4 Å². The van der Waals surface area contributed by atoms with Gasteiger partial charge in [0.15, 0.2) is 0 Å². The number of benzene rings is 1. The fourth-order valence-electron chi connectivity index (χ4n) is 4.27. The lowest BCUT2D eigenvalue weighted by molar-refractivity contribution is -0.136. The van der Waals surface area contributed by atoms with Crippen LogP contribution in [0.4, 0.5) is 0 Å². The summed E-state index contributed by atoms with van der Waals surface area (Å²) in [6.45, 7) is 2.25. The number of hydrogen-bond acceptors (Lipinski definition) is 5. The topological polar surface area (TPSA) is 73.1 Å². The van der Waals surface area contributed by atoms with E-state index in [1.807, 2.05) is 29.2 Å². The molecule has 5 rings (SSSR count). The number of amides is 1. The Hall–Kier alpha value is -2.22. The Labute approximate surface area is 162 Å². The minimum Gasteiger partial charge on any atom is -0.342 e. The molecule has 27 heavy (non-hydrogen) atoms. The summed E-state index contributed by atoms with van der Waals surface area (Å²) in [5, 5.41) is 2.06. The van der Waals surface area contributed by atoms with Crippen molar-refractivity contribution in [2.24, 2.45) is 5.92 Å². The lowest BCUT2D eigenvalue weighted by Gasteiger charge is -2.34. The zero-order chi connectivity index (χ0) is 18.2. The second kappa shape index (κ2) is 7.07. The van der Waals surface area contributed by atoms with Crippen LogP contribution in [0.25, 0.3) is 11.0 Å². The summed E-state index contributed by atoms with van der Waals surface area (Å²) in [5.41, 5.74) is 8.53. The minimum absolute atomic E-state index is 0.0573. The predicted molar refractivity (Wildman–Crippen MR) is 106 cm³/mol. The Balaban J connectivity index is 1.33. The highest BCUT2D eigenvalue weighted by atomic mass is 32.1. The molecule has 140 valence electrons. The van der Waals surface area contributed by atoms with Crippen molar-refractivity contribution in [3.05, 3.63) is 52.5 Å². The monoisotopic (exact) mass is 381 g/mol. The van der Waals surface area contributed by atoms with E-state index in [9.17, 15) is 4.79 Å². The zero-order valence-electron chi connectivity index (χ0n) is 15.0. The molecule has 3 aromatic rings. The molecule has 2 aromatic heterocycles. The van der Waals surface area contributed by atoms with Gasteiger partial charge in [0.2, 0.25) is 5.91 Å². The fraction of sp³-hybridized carbons (Fsp3) is 0.400. The number of nitrogens with zero attached hydrogens (tertiary/aromatic N) is 2. The van der Waals surface area contributed by atoms with E-state index in [0.717, 1.165) is 42.8 Å². The molecule has 0 spiro atoms. The lowest BCUT2D eigenvalue weighted by Crippen LogP contribution is -2.44. The summed E-state index contributed by atoms with van der Waals surface area (Å²) >= 11 is 1.70. The Morgan fingerprint density at radius 3 is 3.00 bits per heavy atom. The van der Waals surface area contributed by atoms with Crippen LogP contribution in [-0.2, 0) is 4.79 Å². The van der Waals surface area contributed by atoms with Crippen molar-refractivity contribution in [3.8, 4) is 0 Å². The lowest BCUT2D eigenvalue weighted by atomic mass is 9.93. The number of hydrazine groups is 1. The highest BCUT2D eigenvalue weighted by Gasteiger charge is 2.38. The molecule has 3 unspecified atom stereocenters. The number of para-hydroxylation sites is 2. The molecular formula is C20H23N5OS. The maximum Gasteiger partial charge on any atom is 0.229 e. The number of aromatic amines is 1. The van der Waals surface area contributed by atoms with Crippen LogP contribution in [0.2, 0.25) is 0 Å². The van der Waals surface area contributed by atoms with Gasteiger partial charge in [-0.1, -0.05) is 18.2 Å². The molecule has 0 radical (unpaired) electrons. The summed E-state index contributed by atoms with van der Waals surface area (Å²) in [4.78, 5) is 24.8. The predicted octanol–water partition coefficient (Wildman–Crippen LogP) is 2.80. The quantitative estimate of drug-likeness (QED) is 0.652. The minimum atomic E-state index is -0.0573. The normalized spacial score (nSPS) is 25.9. The number of carbonyl (C=O) groups excluding carboxylic acids is 1. The summed E-state index contributed by atoms with van der Waals surface area (Å²) in [5.74, 6) is 1.47. The third-order valence-electron chi connectivity index (χ3n) is 5.68. The van der Waals surface area contributed by atoms with E-state index in [-0.39, 0.29) is 23.8 Å². The Morgan fingerprint density at radius 1 is 1.22 bits per heavy atom. The van der Waals surface area contributed by atoms with Gasteiger partial charge in [0.05, 0.1) is 23.0 Å². The van der Waals surface area contributed by atoms with Gasteiger partial charge in [0, 0.05) is 30.4 Å². The highest BCUT2D eigenvalue weighted by Crippen LogP contribution is 2.32. The molecule has 1 amide bonds. The second-order valence-corrected chi connectivity index (χ2v) is 8.37. The summed E-state index contributed by atoms with van der Waals surface area (Å²) in [7, 11) is 0.